The number of unbranched alkanes of at least 4 members (excludes halogenated alkanes) is 2. The molecule has 0 N–H and O–H groups in total. The summed E-state index contributed by atoms with van der Waals surface area (Å²) in [6, 6.07) is 2.14. The fourth-order valence-corrected chi connectivity index (χ4v) is 1.89. The Balaban J connectivity index is 2.14. The minimum Gasteiger partial charge on any atom is -0.329 e. The van der Waals surface area contributed by atoms with Crippen LogP contribution in [0.4, 0.5) is 0 Å². The molecule has 1 rings (SSSR count). The molecule has 4 heteroatoms. The molecule has 1 heterocycles. The molecule has 0 aliphatic heterocycles. The summed E-state index contributed by atoms with van der Waals surface area (Å²) in [6.07, 6.45) is 6.50. The number of thioether (sulfide) groups is 1. The van der Waals surface area contributed by atoms with Crippen LogP contribution < -0.4 is 0 Å². The van der Waals surface area contributed by atoms with Crippen LogP contribution >= 0.6 is 11.8 Å². The first-order chi connectivity index (χ1) is 6.34. The Labute approximate surface area is 82.8 Å². The Morgan fingerprint density at radius 2 is 2.46 bits per heavy atom. The third-order valence-corrected chi connectivity index (χ3v) is 2.84. The van der Waals surface area contributed by atoms with Gasteiger partial charge in [-0.25, -0.2) is 4.98 Å². The number of aryl methyl sites for hydroxylation is 1. The summed E-state index contributed by atoms with van der Waals surface area (Å²) < 4.78 is 2.01. The molecular formula is C9H13N3S. The van der Waals surface area contributed by atoms with Crippen LogP contribution in [0.3, 0.4) is 0 Å². The zero-order chi connectivity index (χ0) is 9.52. The van der Waals surface area contributed by atoms with Gasteiger partial charge in [-0.2, -0.15) is 5.26 Å². The fourth-order valence-electron chi connectivity index (χ4n) is 0.961. The number of nitrogens with zero attached hydrogens (tertiary/aromatic N) is 3. The highest BCUT2D eigenvalue weighted by Crippen LogP contribution is 2.16. The first-order valence-electron chi connectivity index (χ1n) is 4.31. The van der Waals surface area contributed by atoms with Crippen LogP contribution in [0.1, 0.15) is 19.3 Å². The smallest absolute Gasteiger partial charge is 0.167 e. The molecule has 0 saturated heterocycles. The molecule has 0 atom stereocenters. The largest absolute Gasteiger partial charge is 0.329 e. The number of rotatable bonds is 5. The summed E-state index contributed by atoms with van der Waals surface area (Å²) in [4.78, 5) is 4.19. The maximum Gasteiger partial charge on any atom is 0.167 e. The van der Waals surface area contributed by atoms with Crippen LogP contribution in [0.15, 0.2) is 17.6 Å². The number of nitriles is 1. The normalized spacial score (nSPS) is 9.85. The lowest BCUT2D eigenvalue weighted by Gasteiger charge is -1.99. The summed E-state index contributed by atoms with van der Waals surface area (Å²) in [5.74, 6) is 1.05. The van der Waals surface area contributed by atoms with Crippen LogP contribution in [0.25, 0.3) is 0 Å². The SMILES string of the molecule is Cn1ccnc1SCCCCC#N. The minimum atomic E-state index is 0.668. The zero-order valence-electron chi connectivity index (χ0n) is 7.73. The summed E-state index contributed by atoms with van der Waals surface area (Å²) in [5.41, 5.74) is 0. The summed E-state index contributed by atoms with van der Waals surface area (Å²) in [7, 11) is 1.99. The zero-order valence-corrected chi connectivity index (χ0v) is 8.55. The molecule has 0 fully saturated rings. The van der Waals surface area contributed by atoms with E-state index in [4.69, 9.17) is 5.26 Å². The topological polar surface area (TPSA) is 41.6 Å². The molecule has 0 unspecified atom stereocenters. The van der Waals surface area contributed by atoms with Crippen molar-refractivity contribution in [2.45, 2.75) is 24.4 Å². The number of aromatic nitrogens is 2. The van der Waals surface area contributed by atoms with Crippen molar-refractivity contribution < 1.29 is 0 Å². The molecule has 0 aliphatic carbocycles. The number of imidazole rings is 1. The molecule has 0 saturated carbocycles. The van der Waals surface area contributed by atoms with E-state index in [1.54, 1.807) is 18.0 Å². The van der Waals surface area contributed by atoms with Gasteiger partial charge in [-0.3, -0.25) is 0 Å². The number of hydrogen-bond donors (Lipinski definition) is 0. The summed E-state index contributed by atoms with van der Waals surface area (Å²) in [5, 5.41) is 9.37. The first kappa shape index (κ1) is 10.1. The minimum absolute atomic E-state index is 0.668. The second-order valence-corrected chi connectivity index (χ2v) is 3.85. The van der Waals surface area contributed by atoms with E-state index in [0.29, 0.717) is 6.42 Å². The van der Waals surface area contributed by atoms with Gasteiger partial charge in [-0.1, -0.05) is 11.8 Å². The van der Waals surface area contributed by atoms with E-state index in [1.807, 2.05) is 17.8 Å². The van der Waals surface area contributed by atoms with E-state index in [2.05, 4.69) is 11.1 Å². The first-order valence-corrected chi connectivity index (χ1v) is 5.30. The molecule has 0 radical (unpaired) electrons. The Kier molecular flexibility index (Phi) is 4.41. The fraction of sp³-hybridized carbons (Fsp3) is 0.556. The van der Waals surface area contributed by atoms with Gasteiger partial charge >= 0.3 is 0 Å². The van der Waals surface area contributed by atoms with Crippen molar-refractivity contribution in [2.24, 2.45) is 7.05 Å². The van der Waals surface area contributed by atoms with Crippen LogP contribution in [-0.4, -0.2) is 15.3 Å². The molecule has 3 nitrogen and oxygen atoms in total. The second kappa shape index (κ2) is 5.65. The Hall–Kier alpha value is -0.950. The highest BCUT2D eigenvalue weighted by molar-refractivity contribution is 7.99. The number of hydrogen-bond acceptors (Lipinski definition) is 3. The lowest BCUT2D eigenvalue weighted by atomic mass is 10.3. The van der Waals surface area contributed by atoms with Crippen molar-refractivity contribution in [3.63, 3.8) is 0 Å². The Morgan fingerprint density at radius 3 is 3.08 bits per heavy atom. The van der Waals surface area contributed by atoms with Crippen LogP contribution in [-0.2, 0) is 7.05 Å². The van der Waals surface area contributed by atoms with E-state index in [9.17, 15) is 0 Å². The third kappa shape index (κ3) is 3.51. The lowest BCUT2D eigenvalue weighted by Crippen LogP contribution is -1.90. The van der Waals surface area contributed by atoms with Gasteiger partial charge in [0.1, 0.15) is 0 Å². The van der Waals surface area contributed by atoms with Crippen molar-refractivity contribution >= 4 is 11.8 Å². The van der Waals surface area contributed by atoms with E-state index in [-0.39, 0.29) is 0 Å². The van der Waals surface area contributed by atoms with Gasteiger partial charge in [-0.15, -0.1) is 0 Å². The summed E-state index contributed by atoms with van der Waals surface area (Å²) >= 11 is 1.75. The molecule has 0 aromatic carbocycles. The van der Waals surface area contributed by atoms with E-state index in [0.717, 1.165) is 23.8 Å². The van der Waals surface area contributed by atoms with E-state index < -0.39 is 0 Å². The molecule has 1 aromatic rings. The average Bonchev–Trinajstić information content (AvgIpc) is 2.52. The maximum absolute atomic E-state index is 8.32. The van der Waals surface area contributed by atoms with Crippen molar-refractivity contribution in [1.82, 2.24) is 9.55 Å². The van der Waals surface area contributed by atoms with Crippen LogP contribution in [0.2, 0.25) is 0 Å². The highest BCUT2D eigenvalue weighted by atomic mass is 32.2. The maximum atomic E-state index is 8.32. The quantitative estimate of drug-likeness (QED) is 0.534. The highest BCUT2D eigenvalue weighted by Gasteiger charge is 1.98. The molecule has 0 spiro atoms. The predicted molar refractivity (Wildman–Crippen MR) is 53.4 cm³/mol. The molecule has 0 amide bonds. The Morgan fingerprint density at radius 1 is 1.62 bits per heavy atom. The van der Waals surface area contributed by atoms with Crippen LogP contribution in [0.5, 0.6) is 0 Å². The van der Waals surface area contributed by atoms with E-state index >= 15 is 0 Å². The average molecular weight is 195 g/mol. The summed E-state index contributed by atoms with van der Waals surface area (Å²) in [6.45, 7) is 0. The van der Waals surface area contributed by atoms with Gasteiger partial charge in [0.2, 0.25) is 0 Å². The molecule has 1 aromatic heterocycles. The van der Waals surface area contributed by atoms with Gasteiger partial charge < -0.3 is 4.57 Å². The second-order valence-electron chi connectivity index (χ2n) is 2.78. The Bertz CT molecular complexity index is 287. The molecule has 70 valence electrons. The molecule has 0 bridgehead atoms. The van der Waals surface area contributed by atoms with Gasteiger partial charge in [-0.05, 0) is 12.8 Å². The molecular weight excluding hydrogens is 182 g/mol. The third-order valence-electron chi connectivity index (χ3n) is 1.69. The monoisotopic (exact) mass is 195 g/mol. The van der Waals surface area contributed by atoms with Crippen molar-refractivity contribution in [3.05, 3.63) is 12.4 Å². The van der Waals surface area contributed by atoms with Gasteiger partial charge in [0.05, 0.1) is 6.07 Å². The van der Waals surface area contributed by atoms with Crippen LogP contribution in [0, 0.1) is 11.3 Å². The predicted octanol–water partition coefficient (Wildman–Crippen LogP) is 2.21. The standard InChI is InChI=1S/C9H13N3S/c1-12-7-6-11-9(12)13-8-4-2-3-5-10/h6-7H,2-4,8H2,1H3. The molecule has 0 aliphatic rings. The van der Waals surface area contributed by atoms with Gasteiger partial charge in [0.15, 0.2) is 5.16 Å². The van der Waals surface area contributed by atoms with Crippen molar-refractivity contribution in [3.8, 4) is 6.07 Å². The molecule has 13 heavy (non-hydrogen) atoms. The van der Waals surface area contributed by atoms with Crippen molar-refractivity contribution in [1.29, 1.82) is 5.26 Å². The lowest BCUT2D eigenvalue weighted by molar-refractivity contribution is 0.783. The van der Waals surface area contributed by atoms with Crippen molar-refractivity contribution in [2.75, 3.05) is 5.75 Å². The van der Waals surface area contributed by atoms with Gasteiger partial charge in [0, 0.05) is 31.6 Å². The van der Waals surface area contributed by atoms with Gasteiger partial charge in [0.25, 0.3) is 0 Å². The van der Waals surface area contributed by atoms with E-state index in [1.165, 1.54) is 0 Å².